The largest absolute Gasteiger partial charge is 0.299 e. The summed E-state index contributed by atoms with van der Waals surface area (Å²) in [6, 6.07) is 27.6. The van der Waals surface area contributed by atoms with Crippen molar-refractivity contribution in [2.24, 2.45) is 11.8 Å². The Hall–Kier alpha value is -2.97. The van der Waals surface area contributed by atoms with Crippen molar-refractivity contribution >= 4 is 48.7 Å². The summed E-state index contributed by atoms with van der Waals surface area (Å²) in [6.07, 6.45) is 0.276. The lowest BCUT2D eigenvalue weighted by Crippen LogP contribution is -2.53. The Morgan fingerprint density at radius 3 is 1.58 bits per heavy atom. The normalized spacial score (nSPS) is 25.5. The maximum atomic E-state index is 14.6. The first-order chi connectivity index (χ1) is 21.4. The van der Waals surface area contributed by atoms with Crippen LogP contribution in [0.5, 0.6) is 0 Å². The van der Waals surface area contributed by atoms with Gasteiger partial charge in [-0.2, -0.15) is 0 Å². The molecule has 6 atom stereocenters. The molecule has 2 saturated carbocycles. The zero-order chi connectivity index (χ0) is 32.1. The van der Waals surface area contributed by atoms with E-state index in [2.05, 4.69) is 0 Å². The fourth-order valence-electron chi connectivity index (χ4n) is 7.37. The second kappa shape index (κ2) is 12.3. The second-order valence-electron chi connectivity index (χ2n) is 12.4. The van der Waals surface area contributed by atoms with Crippen LogP contribution in [0.3, 0.4) is 0 Å². The van der Waals surface area contributed by atoms with E-state index in [9.17, 15) is 21.6 Å². The van der Waals surface area contributed by atoms with Crippen LogP contribution >= 0.6 is 23.2 Å². The number of ketones is 1. The van der Waals surface area contributed by atoms with E-state index in [1.54, 1.807) is 48.5 Å². The lowest BCUT2D eigenvalue weighted by Gasteiger charge is -2.48. The van der Waals surface area contributed by atoms with Crippen LogP contribution in [0, 0.1) is 25.7 Å². The molecule has 0 saturated heterocycles. The van der Waals surface area contributed by atoms with Gasteiger partial charge in [0.15, 0.2) is 19.7 Å². The van der Waals surface area contributed by atoms with Crippen molar-refractivity contribution in [3.63, 3.8) is 0 Å². The lowest BCUT2D eigenvalue weighted by molar-refractivity contribution is -0.128. The van der Waals surface area contributed by atoms with Crippen molar-refractivity contribution in [1.82, 2.24) is 0 Å². The standard InChI is InChI=1S/C36H34Cl2O5S2/c1-22-3-7-25(8-4-22)31-20-34(39)32-21-35(44(40,41)28-15-5-23(2)6-16-28)30(24-9-11-26(37)12-10-24)19-33(32)36(31)45(42,43)29-17-13-27(38)14-18-29/h3-18,30-33,35-36H,19-21H2,1-2H3/t30?,31?,32-,33?,35?,36?/m1/s1. The predicted molar refractivity (Wildman–Crippen MR) is 179 cm³/mol. The molecule has 0 amide bonds. The maximum absolute atomic E-state index is 14.6. The fourth-order valence-corrected chi connectivity index (χ4v) is 11.9. The molecule has 6 rings (SSSR count). The van der Waals surface area contributed by atoms with Crippen LogP contribution in [0.15, 0.2) is 107 Å². The smallest absolute Gasteiger partial charge is 0.182 e. The maximum Gasteiger partial charge on any atom is 0.182 e. The number of carbonyl (C=O) groups excluding carboxylic acids is 1. The lowest BCUT2D eigenvalue weighted by atomic mass is 9.61. The summed E-state index contributed by atoms with van der Waals surface area (Å²) in [4.78, 5) is 14.4. The van der Waals surface area contributed by atoms with Crippen LogP contribution in [0.4, 0.5) is 0 Å². The van der Waals surface area contributed by atoms with Crippen LogP contribution in [-0.2, 0) is 24.5 Å². The Bertz CT molecular complexity index is 1920. The van der Waals surface area contributed by atoms with Crippen molar-refractivity contribution in [2.45, 2.75) is 65.2 Å². The van der Waals surface area contributed by atoms with E-state index in [4.69, 9.17) is 23.2 Å². The summed E-state index contributed by atoms with van der Waals surface area (Å²) < 4.78 is 57.9. The van der Waals surface area contributed by atoms with E-state index in [0.29, 0.717) is 10.0 Å². The highest BCUT2D eigenvalue weighted by Gasteiger charge is 2.56. The first kappa shape index (κ1) is 32.0. The highest BCUT2D eigenvalue weighted by Crippen LogP contribution is 2.54. The summed E-state index contributed by atoms with van der Waals surface area (Å²) in [7, 11) is -7.87. The Morgan fingerprint density at radius 1 is 0.556 bits per heavy atom. The molecule has 0 bridgehead atoms. The summed E-state index contributed by atoms with van der Waals surface area (Å²) in [5.74, 6) is -2.57. The summed E-state index contributed by atoms with van der Waals surface area (Å²) in [5, 5.41) is -0.922. The Kier molecular flexibility index (Phi) is 8.76. The topological polar surface area (TPSA) is 85.3 Å². The minimum absolute atomic E-state index is 0.0185. The minimum atomic E-state index is -3.98. The molecule has 0 N–H and O–H groups in total. The SMILES string of the molecule is Cc1ccc(C2CC(=O)[C@@H]3CC(S(=O)(=O)c4ccc(C)cc4)C(c4ccc(Cl)cc4)CC3C2S(=O)(=O)c2ccc(Cl)cc2)cc1. The van der Waals surface area contributed by atoms with E-state index in [-0.39, 0.29) is 34.8 Å². The Balaban J connectivity index is 1.51. The number of hydrogen-bond donors (Lipinski definition) is 0. The minimum Gasteiger partial charge on any atom is -0.299 e. The monoisotopic (exact) mass is 680 g/mol. The second-order valence-corrected chi connectivity index (χ2v) is 17.6. The molecule has 0 heterocycles. The van der Waals surface area contributed by atoms with Gasteiger partial charge in [0, 0.05) is 34.2 Å². The van der Waals surface area contributed by atoms with Gasteiger partial charge in [-0.15, -0.1) is 0 Å². The van der Waals surface area contributed by atoms with Gasteiger partial charge in [-0.3, -0.25) is 4.79 Å². The summed E-state index contributed by atoms with van der Waals surface area (Å²) >= 11 is 12.4. The number of carbonyl (C=O) groups is 1. The number of Topliss-reactive ketones (excluding diaryl/α,β-unsaturated/α-hetero) is 1. The van der Waals surface area contributed by atoms with Crippen molar-refractivity contribution < 1.29 is 21.6 Å². The summed E-state index contributed by atoms with van der Waals surface area (Å²) in [6.45, 7) is 3.85. The molecule has 0 radical (unpaired) electrons. The number of sulfone groups is 2. The average Bonchev–Trinajstić information content (AvgIpc) is 3.01. The zero-order valence-electron chi connectivity index (χ0n) is 24.9. The molecule has 4 aromatic carbocycles. The van der Waals surface area contributed by atoms with Gasteiger partial charge in [0.05, 0.1) is 20.3 Å². The Morgan fingerprint density at radius 2 is 1.00 bits per heavy atom. The predicted octanol–water partition coefficient (Wildman–Crippen LogP) is 8.16. The fraction of sp³-hybridized carbons (Fsp3) is 0.306. The molecule has 4 aromatic rings. The van der Waals surface area contributed by atoms with Crippen LogP contribution in [0.2, 0.25) is 10.0 Å². The van der Waals surface area contributed by atoms with Crippen molar-refractivity contribution in [1.29, 1.82) is 0 Å². The van der Waals surface area contributed by atoms with Crippen molar-refractivity contribution in [2.75, 3.05) is 0 Å². The molecular formula is C36H34Cl2O5S2. The number of halogens is 2. The first-order valence-electron chi connectivity index (χ1n) is 15.0. The van der Waals surface area contributed by atoms with Crippen molar-refractivity contribution in [3.8, 4) is 0 Å². The number of benzene rings is 4. The van der Waals surface area contributed by atoms with Gasteiger partial charge in [0.1, 0.15) is 5.78 Å². The number of hydrogen-bond acceptors (Lipinski definition) is 5. The average molecular weight is 682 g/mol. The molecule has 0 aromatic heterocycles. The van der Waals surface area contributed by atoms with Crippen LogP contribution in [0.1, 0.15) is 53.4 Å². The third-order valence-electron chi connectivity index (χ3n) is 9.68. The molecule has 0 spiro atoms. The highest BCUT2D eigenvalue weighted by molar-refractivity contribution is 7.92. The molecule has 2 aliphatic rings. The molecular weight excluding hydrogens is 647 g/mol. The van der Waals surface area contributed by atoms with Crippen LogP contribution in [0.25, 0.3) is 0 Å². The molecule has 0 aliphatic heterocycles. The molecule has 9 heteroatoms. The molecule has 45 heavy (non-hydrogen) atoms. The highest BCUT2D eigenvalue weighted by atomic mass is 35.5. The van der Waals surface area contributed by atoms with E-state index in [0.717, 1.165) is 22.3 Å². The summed E-state index contributed by atoms with van der Waals surface area (Å²) in [5.41, 5.74) is 3.51. The molecule has 5 nitrogen and oxygen atoms in total. The number of rotatable bonds is 6. The van der Waals surface area contributed by atoms with Crippen LogP contribution in [-0.4, -0.2) is 33.1 Å². The molecule has 2 fully saturated rings. The van der Waals surface area contributed by atoms with Gasteiger partial charge in [0.2, 0.25) is 0 Å². The van der Waals surface area contributed by atoms with Gasteiger partial charge >= 0.3 is 0 Å². The van der Waals surface area contributed by atoms with Gasteiger partial charge < -0.3 is 0 Å². The van der Waals surface area contributed by atoms with Crippen LogP contribution < -0.4 is 0 Å². The quantitative estimate of drug-likeness (QED) is 0.205. The van der Waals surface area contributed by atoms with Crippen molar-refractivity contribution in [3.05, 3.63) is 129 Å². The first-order valence-corrected chi connectivity index (χ1v) is 18.9. The van der Waals surface area contributed by atoms with Gasteiger partial charge in [-0.1, -0.05) is 82.9 Å². The third kappa shape index (κ3) is 6.12. The van der Waals surface area contributed by atoms with E-state index >= 15 is 0 Å². The molecule has 5 unspecified atom stereocenters. The number of fused-ring (bicyclic) bond motifs is 1. The van der Waals surface area contributed by atoms with E-state index < -0.39 is 53.8 Å². The van der Waals surface area contributed by atoms with Gasteiger partial charge in [-0.25, -0.2) is 16.8 Å². The molecule has 234 valence electrons. The van der Waals surface area contributed by atoms with E-state index in [1.807, 2.05) is 50.2 Å². The third-order valence-corrected chi connectivity index (χ3v) is 14.8. The van der Waals surface area contributed by atoms with E-state index in [1.165, 1.54) is 12.1 Å². The molecule has 2 aliphatic carbocycles. The van der Waals surface area contributed by atoms with Gasteiger partial charge in [0.25, 0.3) is 0 Å². The Labute approximate surface area is 275 Å². The number of aryl methyl sites for hydroxylation is 2. The van der Waals surface area contributed by atoms with Gasteiger partial charge in [-0.05, 0) is 92.3 Å². The zero-order valence-corrected chi connectivity index (χ0v) is 28.1.